The summed E-state index contributed by atoms with van der Waals surface area (Å²) in [5, 5.41) is 0.718. The number of hydrogen-bond donors (Lipinski definition) is 0. The average Bonchev–Trinajstić information content (AvgIpc) is 2.59. The van der Waals surface area contributed by atoms with Crippen LogP contribution < -0.4 is 0 Å². The molecule has 2 aliphatic rings. The van der Waals surface area contributed by atoms with Gasteiger partial charge in [-0.15, -0.1) is 0 Å². The van der Waals surface area contributed by atoms with Crippen LogP contribution >= 0.6 is 11.6 Å². The number of aryl methyl sites for hydroxylation is 1. The molecule has 0 saturated heterocycles. The fraction of sp³-hybridized carbons (Fsp3) is 0.333. The zero-order valence-corrected chi connectivity index (χ0v) is 8.90. The highest BCUT2D eigenvalue weighted by Crippen LogP contribution is 2.41. The number of furan rings is 1. The lowest BCUT2D eigenvalue weighted by atomic mass is 9.95. The minimum Gasteiger partial charge on any atom is -0.458 e. The fourth-order valence-corrected chi connectivity index (χ4v) is 2.60. The van der Waals surface area contributed by atoms with E-state index in [1.807, 2.05) is 6.08 Å². The zero-order valence-electron chi connectivity index (χ0n) is 8.15. The Bertz CT molecular complexity index is 482. The summed E-state index contributed by atoms with van der Waals surface area (Å²) in [6.07, 6.45) is 6.82. The Kier molecular flexibility index (Phi) is 1.99. The number of fused-ring (bicyclic) bond motifs is 3. The molecule has 0 bridgehead atoms. The van der Waals surface area contributed by atoms with Crippen molar-refractivity contribution in [2.75, 3.05) is 0 Å². The third-order valence-corrected chi connectivity index (χ3v) is 3.29. The van der Waals surface area contributed by atoms with E-state index in [4.69, 9.17) is 16.0 Å². The summed E-state index contributed by atoms with van der Waals surface area (Å²) < 4.78 is 19.0. The van der Waals surface area contributed by atoms with Crippen molar-refractivity contribution >= 4 is 22.5 Å². The Labute approximate surface area is 92.2 Å². The van der Waals surface area contributed by atoms with E-state index in [-0.39, 0.29) is 5.83 Å². The van der Waals surface area contributed by atoms with E-state index in [1.54, 1.807) is 6.08 Å². The summed E-state index contributed by atoms with van der Waals surface area (Å²) in [5.74, 6) is 1.01. The molecule has 1 nitrogen and oxygen atoms in total. The maximum Gasteiger partial charge on any atom is 0.166 e. The summed E-state index contributed by atoms with van der Waals surface area (Å²) >= 11 is 6.13. The van der Waals surface area contributed by atoms with E-state index in [1.165, 1.54) is 0 Å². The minimum absolute atomic E-state index is 0.241. The third-order valence-electron chi connectivity index (χ3n) is 2.95. The first-order chi connectivity index (χ1) is 7.27. The predicted molar refractivity (Wildman–Crippen MR) is 58.3 cm³/mol. The molecule has 0 amide bonds. The average molecular weight is 225 g/mol. The van der Waals surface area contributed by atoms with Gasteiger partial charge in [-0.2, -0.15) is 0 Å². The van der Waals surface area contributed by atoms with Crippen molar-refractivity contribution in [3.63, 3.8) is 0 Å². The molecule has 0 radical (unpaired) electrons. The lowest BCUT2D eigenvalue weighted by molar-refractivity contribution is 0.477. The smallest absolute Gasteiger partial charge is 0.166 e. The maximum absolute atomic E-state index is 13.5. The van der Waals surface area contributed by atoms with Gasteiger partial charge in [-0.3, -0.25) is 0 Å². The molecule has 0 aliphatic heterocycles. The van der Waals surface area contributed by atoms with Gasteiger partial charge in [0.1, 0.15) is 5.76 Å². The van der Waals surface area contributed by atoms with Crippen LogP contribution in [0, 0.1) is 0 Å². The van der Waals surface area contributed by atoms with Crippen molar-refractivity contribution < 1.29 is 8.81 Å². The lowest BCUT2D eigenvalue weighted by Crippen LogP contribution is -1.98. The van der Waals surface area contributed by atoms with Crippen LogP contribution in [0.25, 0.3) is 10.9 Å². The first-order valence-corrected chi connectivity index (χ1v) is 5.52. The largest absolute Gasteiger partial charge is 0.458 e. The van der Waals surface area contributed by atoms with Gasteiger partial charge < -0.3 is 4.42 Å². The summed E-state index contributed by atoms with van der Waals surface area (Å²) in [6.45, 7) is 0. The summed E-state index contributed by atoms with van der Waals surface area (Å²) in [4.78, 5) is 0. The minimum atomic E-state index is -0.241. The Morgan fingerprint density at radius 1 is 1.20 bits per heavy atom. The van der Waals surface area contributed by atoms with Gasteiger partial charge in [0.2, 0.25) is 0 Å². The molecular formula is C12H10ClFO. The van der Waals surface area contributed by atoms with Gasteiger partial charge >= 0.3 is 0 Å². The van der Waals surface area contributed by atoms with Crippen LogP contribution in [-0.2, 0) is 12.8 Å². The fourth-order valence-electron chi connectivity index (χ4n) is 2.27. The Morgan fingerprint density at radius 2 is 2.00 bits per heavy atom. The normalized spacial score (nSPS) is 19.1. The van der Waals surface area contributed by atoms with Crippen molar-refractivity contribution in [1.29, 1.82) is 0 Å². The van der Waals surface area contributed by atoms with Crippen molar-refractivity contribution in [2.24, 2.45) is 0 Å². The van der Waals surface area contributed by atoms with E-state index in [2.05, 4.69) is 0 Å². The summed E-state index contributed by atoms with van der Waals surface area (Å²) in [5.41, 5.74) is 1.90. The monoisotopic (exact) mass is 224 g/mol. The highest BCUT2D eigenvalue weighted by molar-refractivity contribution is 6.49. The van der Waals surface area contributed by atoms with Crippen LogP contribution in [0.15, 0.2) is 16.6 Å². The van der Waals surface area contributed by atoms with Gasteiger partial charge in [0.05, 0.1) is 0 Å². The highest BCUT2D eigenvalue weighted by Gasteiger charge is 2.27. The second-order valence-electron chi connectivity index (χ2n) is 3.89. The molecule has 78 valence electrons. The van der Waals surface area contributed by atoms with Crippen molar-refractivity contribution in [2.45, 2.75) is 25.7 Å². The van der Waals surface area contributed by atoms with Gasteiger partial charge in [0, 0.05) is 22.6 Å². The van der Waals surface area contributed by atoms with Gasteiger partial charge in [-0.05, 0) is 25.3 Å². The number of rotatable bonds is 0. The van der Waals surface area contributed by atoms with E-state index < -0.39 is 0 Å². The number of halogens is 2. The van der Waals surface area contributed by atoms with Crippen LogP contribution in [0.2, 0.25) is 0 Å². The molecule has 3 rings (SSSR count). The molecule has 3 heteroatoms. The Hall–Kier alpha value is -1.02. The molecule has 1 heterocycles. The van der Waals surface area contributed by atoms with Gasteiger partial charge in [-0.1, -0.05) is 17.7 Å². The maximum atomic E-state index is 13.5. The quantitative estimate of drug-likeness (QED) is 0.648. The lowest BCUT2D eigenvalue weighted by Gasteiger charge is -2.10. The molecular weight excluding hydrogens is 215 g/mol. The molecule has 15 heavy (non-hydrogen) atoms. The number of allylic oxidation sites excluding steroid dienone is 2. The first-order valence-electron chi connectivity index (χ1n) is 5.14. The topological polar surface area (TPSA) is 13.1 Å². The van der Waals surface area contributed by atoms with Crippen molar-refractivity contribution in [1.82, 2.24) is 0 Å². The predicted octanol–water partition coefficient (Wildman–Crippen LogP) is 4.06. The third kappa shape index (κ3) is 1.28. The first kappa shape index (κ1) is 9.22. The molecule has 1 aromatic rings. The van der Waals surface area contributed by atoms with E-state index >= 15 is 0 Å². The molecule has 0 unspecified atom stereocenters. The standard InChI is InChI=1S/C12H10ClFO/c13-8-4-2-6-10-11(8)7-3-1-5-9(14)12(7)15-10/h4-5H,1-3,6H2. The van der Waals surface area contributed by atoms with Crippen molar-refractivity contribution in [3.8, 4) is 0 Å². The van der Waals surface area contributed by atoms with Crippen LogP contribution in [0.4, 0.5) is 4.39 Å². The van der Waals surface area contributed by atoms with Gasteiger partial charge in [0.25, 0.3) is 0 Å². The molecule has 0 atom stereocenters. The zero-order chi connectivity index (χ0) is 10.4. The highest BCUT2D eigenvalue weighted by atomic mass is 35.5. The second-order valence-corrected chi connectivity index (χ2v) is 4.30. The SMILES string of the molecule is FC1=CCCc2c1oc1c2C(Cl)=CCC1. The Morgan fingerprint density at radius 3 is 2.87 bits per heavy atom. The molecule has 2 aliphatic carbocycles. The molecule has 1 aromatic heterocycles. The van der Waals surface area contributed by atoms with Crippen LogP contribution in [-0.4, -0.2) is 0 Å². The van der Waals surface area contributed by atoms with Crippen LogP contribution in [0.5, 0.6) is 0 Å². The Balaban J connectivity index is 2.25. The molecule has 0 aromatic carbocycles. The molecule has 0 N–H and O–H groups in total. The molecule has 0 saturated carbocycles. The molecule has 0 spiro atoms. The van der Waals surface area contributed by atoms with Gasteiger partial charge in [0.15, 0.2) is 11.6 Å². The van der Waals surface area contributed by atoms with E-state index in [0.717, 1.165) is 47.6 Å². The van der Waals surface area contributed by atoms with Crippen molar-refractivity contribution in [3.05, 3.63) is 34.8 Å². The van der Waals surface area contributed by atoms with Gasteiger partial charge in [-0.25, -0.2) is 4.39 Å². The number of hydrogen-bond acceptors (Lipinski definition) is 1. The van der Waals surface area contributed by atoms with E-state index in [0.29, 0.717) is 5.76 Å². The summed E-state index contributed by atoms with van der Waals surface area (Å²) in [7, 11) is 0. The molecule has 0 fully saturated rings. The summed E-state index contributed by atoms with van der Waals surface area (Å²) in [6, 6.07) is 0. The second kappa shape index (κ2) is 3.24. The van der Waals surface area contributed by atoms with Crippen LogP contribution in [0.1, 0.15) is 35.5 Å². The van der Waals surface area contributed by atoms with Crippen LogP contribution in [0.3, 0.4) is 0 Å². The van der Waals surface area contributed by atoms with E-state index in [9.17, 15) is 4.39 Å².